The Labute approximate surface area is 153 Å². The molecular weight excluding hydrogens is 358 g/mol. The average molecular weight is 370 g/mol. The molecule has 3 heterocycles. The Morgan fingerprint density at radius 3 is 2.88 bits per heavy atom. The molecule has 2 aliphatic heterocycles. The molecule has 0 radical (unpaired) electrons. The highest BCUT2D eigenvalue weighted by Gasteiger charge is 2.33. The first-order chi connectivity index (χ1) is 12.0. The molecule has 124 valence electrons. The first kappa shape index (κ1) is 15.9. The molecule has 1 aromatic heterocycles. The third kappa shape index (κ3) is 2.83. The lowest BCUT2D eigenvalue weighted by atomic mass is 10.1. The number of nitrogens with one attached hydrogen (secondary N) is 1. The van der Waals surface area contributed by atoms with E-state index in [1.165, 1.54) is 17.8 Å². The zero-order valence-corrected chi connectivity index (χ0v) is 14.7. The van der Waals surface area contributed by atoms with Gasteiger partial charge in [0.25, 0.3) is 5.91 Å². The van der Waals surface area contributed by atoms with Gasteiger partial charge in [-0.3, -0.25) is 15.1 Å². The molecule has 2 aromatic rings. The van der Waals surface area contributed by atoms with Crippen molar-refractivity contribution in [2.45, 2.75) is 6.92 Å². The number of allylic oxidation sites excluding steroid dienone is 1. The summed E-state index contributed by atoms with van der Waals surface area (Å²) in [5, 5.41) is 9.38. The summed E-state index contributed by atoms with van der Waals surface area (Å²) < 4.78 is 5.79. The third-order valence-electron chi connectivity index (χ3n) is 3.75. The van der Waals surface area contributed by atoms with Crippen LogP contribution in [-0.4, -0.2) is 21.8 Å². The van der Waals surface area contributed by atoms with Gasteiger partial charge < -0.3 is 4.42 Å². The van der Waals surface area contributed by atoms with Gasteiger partial charge in [-0.15, -0.1) is 0 Å². The molecule has 4 rings (SSSR count). The molecule has 2 aliphatic rings. The summed E-state index contributed by atoms with van der Waals surface area (Å²) >= 11 is 7.56. The summed E-state index contributed by atoms with van der Waals surface area (Å²) in [6.45, 7) is 1.91. The van der Waals surface area contributed by atoms with E-state index in [9.17, 15) is 4.79 Å². The highest BCUT2D eigenvalue weighted by atomic mass is 35.5. The van der Waals surface area contributed by atoms with Crippen LogP contribution in [0.25, 0.3) is 17.4 Å². The maximum absolute atomic E-state index is 12.3. The molecule has 0 fully saturated rings. The minimum absolute atomic E-state index is 0.0926. The fourth-order valence-electron chi connectivity index (χ4n) is 2.58. The van der Waals surface area contributed by atoms with Crippen molar-refractivity contribution in [3.05, 3.63) is 63.9 Å². The Kier molecular flexibility index (Phi) is 3.86. The monoisotopic (exact) mass is 369 g/mol. The van der Waals surface area contributed by atoms with E-state index in [0.29, 0.717) is 21.7 Å². The number of hydrogen-bond donors (Lipinski definition) is 1. The maximum atomic E-state index is 12.3. The zero-order chi connectivity index (χ0) is 17.6. The van der Waals surface area contributed by atoms with Crippen LogP contribution in [0.3, 0.4) is 0 Å². The lowest BCUT2D eigenvalue weighted by Gasteiger charge is -2.21. The number of fused-ring (bicyclic) bond motifs is 1. The van der Waals surface area contributed by atoms with E-state index < -0.39 is 5.91 Å². The second-order valence-corrected chi connectivity index (χ2v) is 7.12. The van der Waals surface area contributed by atoms with E-state index in [2.05, 4.69) is 4.99 Å². The first-order valence-electron chi connectivity index (χ1n) is 7.47. The van der Waals surface area contributed by atoms with Gasteiger partial charge in [0.15, 0.2) is 5.17 Å². The van der Waals surface area contributed by atoms with E-state index in [1.807, 2.05) is 25.1 Å². The number of halogens is 1. The number of furan rings is 1. The number of rotatable bonds is 2. The number of thioether (sulfide) groups is 1. The number of benzene rings is 1. The molecule has 0 saturated heterocycles. The number of carbonyl (C=O) groups excluding carboxylic acids is 1. The summed E-state index contributed by atoms with van der Waals surface area (Å²) in [5.74, 6) is 0.718. The Hall–Kier alpha value is -2.57. The summed E-state index contributed by atoms with van der Waals surface area (Å²) in [4.78, 5) is 18.9. The predicted molar refractivity (Wildman–Crippen MR) is 100 cm³/mol. The van der Waals surface area contributed by atoms with Crippen molar-refractivity contribution in [1.82, 2.24) is 4.90 Å². The summed E-state index contributed by atoms with van der Waals surface area (Å²) in [6, 6.07) is 10.9. The number of aliphatic imine (C=N–C) groups is 1. The molecule has 0 saturated carbocycles. The Bertz CT molecular complexity index is 1000. The predicted octanol–water partition coefficient (Wildman–Crippen LogP) is 4.77. The van der Waals surface area contributed by atoms with Crippen LogP contribution in [-0.2, 0) is 4.79 Å². The van der Waals surface area contributed by atoms with Gasteiger partial charge in [-0.2, -0.15) is 4.99 Å². The van der Waals surface area contributed by atoms with Crippen LogP contribution >= 0.6 is 23.4 Å². The van der Waals surface area contributed by atoms with Crippen LogP contribution < -0.4 is 0 Å². The van der Waals surface area contributed by atoms with Crippen LogP contribution in [0.4, 0.5) is 0 Å². The Morgan fingerprint density at radius 2 is 2.08 bits per heavy atom. The molecular formula is C18H12ClN3O2S. The van der Waals surface area contributed by atoms with Gasteiger partial charge in [0.05, 0.1) is 10.6 Å². The highest BCUT2D eigenvalue weighted by molar-refractivity contribution is 8.17. The molecule has 0 unspecified atom stereocenters. The highest BCUT2D eigenvalue weighted by Crippen LogP contribution is 2.33. The van der Waals surface area contributed by atoms with Crippen LogP contribution in [0.5, 0.6) is 0 Å². The smallest absolute Gasteiger partial charge is 0.283 e. The van der Waals surface area contributed by atoms with Crippen LogP contribution in [0.2, 0.25) is 5.02 Å². The molecule has 7 heteroatoms. The summed E-state index contributed by atoms with van der Waals surface area (Å²) in [5.41, 5.74) is 0.962. The van der Waals surface area contributed by atoms with Crippen molar-refractivity contribution >= 4 is 46.3 Å². The second-order valence-electron chi connectivity index (χ2n) is 5.50. The lowest BCUT2D eigenvalue weighted by molar-refractivity contribution is -0.114. The second kappa shape index (κ2) is 6.06. The van der Waals surface area contributed by atoms with Crippen molar-refractivity contribution in [3.63, 3.8) is 0 Å². The topological polar surface area (TPSA) is 69.7 Å². The molecule has 5 nitrogen and oxygen atoms in total. The molecule has 0 bridgehead atoms. The standard InChI is InChI=1S/C18H12ClN3O2S/c1-10-9-22-16(20)13(17(23)21-18(22)25-10)8-11-6-7-15(24-11)12-4-2-3-5-14(12)19/h2-9,20H,1H3. The van der Waals surface area contributed by atoms with Crippen molar-refractivity contribution in [3.8, 4) is 11.3 Å². The van der Waals surface area contributed by atoms with Crippen molar-refractivity contribution in [1.29, 1.82) is 5.41 Å². The minimum Gasteiger partial charge on any atom is -0.457 e. The van der Waals surface area contributed by atoms with E-state index in [1.54, 1.807) is 29.3 Å². The van der Waals surface area contributed by atoms with Gasteiger partial charge >= 0.3 is 0 Å². The fraction of sp³-hybridized carbons (Fsp3) is 0.0556. The van der Waals surface area contributed by atoms with E-state index in [-0.39, 0.29) is 11.4 Å². The van der Waals surface area contributed by atoms with Gasteiger partial charge in [0.2, 0.25) is 0 Å². The molecule has 1 N–H and O–H groups in total. The van der Waals surface area contributed by atoms with Gasteiger partial charge in [0.1, 0.15) is 17.4 Å². The average Bonchev–Trinajstić information content (AvgIpc) is 3.18. The Morgan fingerprint density at radius 1 is 1.28 bits per heavy atom. The molecule has 25 heavy (non-hydrogen) atoms. The largest absolute Gasteiger partial charge is 0.457 e. The normalized spacial score (nSPS) is 18.5. The van der Waals surface area contributed by atoms with Crippen LogP contribution in [0.15, 0.2) is 62.5 Å². The maximum Gasteiger partial charge on any atom is 0.283 e. The summed E-state index contributed by atoms with van der Waals surface area (Å²) in [6.07, 6.45) is 3.33. The first-order valence-corrected chi connectivity index (χ1v) is 8.66. The van der Waals surface area contributed by atoms with E-state index >= 15 is 0 Å². The molecule has 0 aliphatic carbocycles. The molecule has 1 amide bonds. The number of nitrogens with zero attached hydrogens (tertiary/aromatic N) is 2. The van der Waals surface area contributed by atoms with Crippen molar-refractivity contribution in [2.24, 2.45) is 4.99 Å². The van der Waals surface area contributed by atoms with E-state index in [4.69, 9.17) is 21.4 Å². The van der Waals surface area contributed by atoms with Gasteiger partial charge in [-0.1, -0.05) is 35.5 Å². The van der Waals surface area contributed by atoms with Gasteiger partial charge in [0, 0.05) is 16.7 Å². The number of hydrogen-bond acceptors (Lipinski definition) is 4. The fourth-order valence-corrected chi connectivity index (χ4v) is 3.63. The third-order valence-corrected chi connectivity index (χ3v) is 4.97. The van der Waals surface area contributed by atoms with Crippen LogP contribution in [0, 0.1) is 5.41 Å². The number of amidine groups is 2. The number of amides is 1. The SMILES string of the molecule is CC1=CN2C(=N)C(=Cc3ccc(-c4ccccc4Cl)o3)C(=O)N=C2S1. The summed E-state index contributed by atoms with van der Waals surface area (Å²) in [7, 11) is 0. The lowest BCUT2D eigenvalue weighted by Crippen LogP contribution is -2.35. The van der Waals surface area contributed by atoms with Crippen LogP contribution in [0.1, 0.15) is 12.7 Å². The van der Waals surface area contributed by atoms with Gasteiger partial charge in [-0.25, -0.2) is 0 Å². The number of carbonyl (C=O) groups is 1. The quantitative estimate of drug-likeness (QED) is 0.774. The van der Waals surface area contributed by atoms with Crippen molar-refractivity contribution < 1.29 is 9.21 Å². The molecule has 1 aromatic carbocycles. The molecule has 0 atom stereocenters. The Balaban J connectivity index is 1.69. The van der Waals surface area contributed by atoms with Gasteiger partial charge in [-0.05, 0) is 37.3 Å². The van der Waals surface area contributed by atoms with Crippen molar-refractivity contribution in [2.75, 3.05) is 0 Å². The molecule has 0 spiro atoms. The minimum atomic E-state index is -0.442. The van der Waals surface area contributed by atoms with E-state index in [0.717, 1.165) is 10.5 Å². The zero-order valence-electron chi connectivity index (χ0n) is 13.1.